The average Bonchev–Trinajstić information content (AvgIpc) is 2.81. The van der Waals surface area contributed by atoms with Crippen molar-refractivity contribution in [1.82, 2.24) is 20.1 Å². The van der Waals surface area contributed by atoms with Crippen LogP contribution in [0.4, 0.5) is 10.5 Å². The smallest absolute Gasteiger partial charge is 0.319 e. The summed E-state index contributed by atoms with van der Waals surface area (Å²) in [7, 11) is 1.83. The lowest BCUT2D eigenvalue weighted by atomic mass is 10.2. The number of pyridine rings is 1. The topological polar surface area (TPSA) is 92.1 Å². The molecule has 23 heavy (non-hydrogen) atoms. The molecule has 3 aromatic rings. The maximum atomic E-state index is 12.0. The number of amides is 2. The number of aromatic nitrogens is 3. The SMILES string of the molecule is Cc1nn(C)c2ncc(NC(=O)NCc3ccccc3O)cc12. The van der Waals surface area contributed by atoms with E-state index in [-0.39, 0.29) is 18.3 Å². The molecule has 0 aliphatic carbocycles. The zero-order chi connectivity index (χ0) is 16.4. The molecule has 0 unspecified atom stereocenters. The first kappa shape index (κ1) is 14.8. The molecular weight excluding hydrogens is 294 g/mol. The van der Waals surface area contributed by atoms with Crippen LogP contribution in [-0.2, 0) is 13.6 Å². The van der Waals surface area contributed by atoms with Crippen LogP contribution in [0.15, 0.2) is 36.5 Å². The molecule has 0 atom stereocenters. The van der Waals surface area contributed by atoms with Gasteiger partial charge in [-0.05, 0) is 19.1 Å². The normalized spacial score (nSPS) is 10.7. The summed E-state index contributed by atoms with van der Waals surface area (Å²) in [6.45, 7) is 2.13. The lowest BCUT2D eigenvalue weighted by molar-refractivity contribution is 0.251. The summed E-state index contributed by atoms with van der Waals surface area (Å²) in [6.07, 6.45) is 1.59. The summed E-state index contributed by atoms with van der Waals surface area (Å²) < 4.78 is 1.70. The quantitative estimate of drug-likeness (QED) is 0.692. The summed E-state index contributed by atoms with van der Waals surface area (Å²) in [6, 6.07) is 8.34. The van der Waals surface area contributed by atoms with E-state index in [1.54, 1.807) is 35.1 Å². The molecule has 2 amide bonds. The van der Waals surface area contributed by atoms with Crippen molar-refractivity contribution in [2.75, 3.05) is 5.32 Å². The van der Waals surface area contributed by atoms with E-state index in [2.05, 4.69) is 20.7 Å². The van der Waals surface area contributed by atoms with Crippen molar-refractivity contribution in [3.8, 4) is 5.75 Å². The molecular formula is C16H17N5O2. The number of hydrogen-bond acceptors (Lipinski definition) is 4. The van der Waals surface area contributed by atoms with E-state index in [0.29, 0.717) is 11.3 Å². The number of fused-ring (bicyclic) bond motifs is 1. The van der Waals surface area contributed by atoms with E-state index >= 15 is 0 Å². The number of para-hydroxylation sites is 1. The Hall–Kier alpha value is -3.09. The third-order valence-corrected chi connectivity index (χ3v) is 3.55. The monoisotopic (exact) mass is 311 g/mol. The van der Waals surface area contributed by atoms with Gasteiger partial charge in [0.2, 0.25) is 0 Å². The molecule has 0 saturated carbocycles. The number of carbonyl (C=O) groups excluding carboxylic acids is 1. The van der Waals surface area contributed by atoms with E-state index in [0.717, 1.165) is 16.7 Å². The summed E-state index contributed by atoms with van der Waals surface area (Å²) in [4.78, 5) is 16.3. The van der Waals surface area contributed by atoms with Gasteiger partial charge in [-0.15, -0.1) is 0 Å². The lowest BCUT2D eigenvalue weighted by Gasteiger charge is -2.08. The van der Waals surface area contributed by atoms with Gasteiger partial charge >= 0.3 is 6.03 Å². The van der Waals surface area contributed by atoms with Crippen molar-refractivity contribution in [2.45, 2.75) is 13.5 Å². The molecule has 118 valence electrons. The van der Waals surface area contributed by atoms with Crippen LogP contribution in [-0.4, -0.2) is 25.9 Å². The standard InChI is InChI=1S/C16H17N5O2/c1-10-13-7-12(9-17-15(13)21(2)20-10)19-16(23)18-8-11-5-3-4-6-14(11)22/h3-7,9,22H,8H2,1-2H3,(H2,18,19,23). The third-order valence-electron chi connectivity index (χ3n) is 3.55. The van der Waals surface area contributed by atoms with Crippen molar-refractivity contribution in [3.05, 3.63) is 47.8 Å². The molecule has 0 radical (unpaired) electrons. The second kappa shape index (κ2) is 5.96. The van der Waals surface area contributed by atoms with Crippen LogP contribution in [0.25, 0.3) is 11.0 Å². The maximum absolute atomic E-state index is 12.0. The van der Waals surface area contributed by atoms with Crippen LogP contribution in [0.2, 0.25) is 0 Å². The first-order valence-electron chi connectivity index (χ1n) is 7.15. The zero-order valence-electron chi connectivity index (χ0n) is 12.9. The van der Waals surface area contributed by atoms with Gasteiger partial charge in [0, 0.05) is 24.5 Å². The fourth-order valence-electron chi connectivity index (χ4n) is 2.39. The van der Waals surface area contributed by atoms with Gasteiger partial charge in [-0.2, -0.15) is 5.10 Å². The first-order valence-corrected chi connectivity index (χ1v) is 7.15. The molecule has 0 fully saturated rings. The Morgan fingerprint density at radius 1 is 1.35 bits per heavy atom. The molecule has 0 aliphatic rings. The molecule has 7 nitrogen and oxygen atoms in total. The van der Waals surface area contributed by atoms with Crippen molar-refractivity contribution in [1.29, 1.82) is 0 Å². The highest BCUT2D eigenvalue weighted by molar-refractivity contribution is 5.92. The van der Waals surface area contributed by atoms with Crippen LogP contribution in [0.3, 0.4) is 0 Å². The number of benzene rings is 1. The molecule has 3 N–H and O–H groups in total. The fraction of sp³-hybridized carbons (Fsp3) is 0.188. The molecule has 1 aromatic carbocycles. The van der Waals surface area contributed by atoms with Gasteiger partial charge in [0.15, 0.2) is 5.65 Å². The van der Waals surface area contributed by atoms with E-state index in [1.807, 2.05) is 20.0 Å². The number of anilines is 1. The summed E-state index contributed by atoms with van der Waals surface area (Å²) in [5.74, 6) is 0.155. The van der Waals surface area contributed by atoms with Gasteiger partial charge in [0.25, 0.3) is 0 Å². The van der Waals surface area contributed by atoms with Crippen molar-refractivity contribution < 1.29 is 9.90 Å². The number of nitrogens with zero attached hydrogens (tertiary/aromatic N) is 3. The average molecular weight is 311 g/mol. The van der Waals surface area contributed by atoms with Gasteiger partial charge in [-0.3, -0.25) is 4.68 Å². The lowest BCUT2D eigenvalue weighted by Crippen LogP contribution is -2.28. The van der Waals surface area contributed by atoms with Crippen molar-refractivity contribution >= 4 is 22.8 Å². The minimum Gasteiger partial charge on any atom is -0.508 e. The van der Waals surface area contributed by atoms with E-state index in [9.17, 15) is 9.90 Å². The highest BCUT2D eigenvalue weighted by Gasteiger charge is 2.09. The number of phenols is 1. The van der Waals surface area contributed by atoms with Crippen LogP contribution < -0.4 is 10.6 Å². The van der Waals surface area contributed by atoms with Crippen LogP contribution >= 0.6 is 0 Å². The Labute approximate surface area is 133 Å². The van der Waals surface area contributed by atoms with E-state index < -0.39 is 0 Å². The number of nitrogens with one attached hydrogen (secondary N) is 2. The number of urea groups is 1. The Morgan fingerprint density at radius 3 is 2.91 bits per heavy atom. The predicted molar refractivity (Wildman–Crippen MR) is 87.2 cm³/mol. The van der Waals surface area contributed by atoms with Gasteiger partial charge in [-0.25, -0.2) is 9.78 Å². The minimum absolute atomic E-state index is 0.155. The Kier molecular flexibility index (Phi) is 3.84. The highest BCUT2D eigenvalue weighted by atomic mass is 16.3. The Bertz CT molecular complexity index is 872. The summed E-state index contributed by atoms with van der Waals surface area (Å²) in [5.41, 5.74) is 2.86. The molecule has 0 bridgehead atoms. The maximum Gasteiger partial charge on any atom is 0.319 e. The van der Waals surface area contributed by atoms with E-state index in [4.69, 9.17) is 0 Å². The molecule has 0 aliphatic heterocycles. The third kappa shape index (κ3) is 3.08. The number of hydrogen-bond donors (Lipinski definition) is 3. The van der Waals surface area contributed by atoms with Gasteiger partial charge in [0.1, 0.15) is 5.75 Å². The van der Waals surface area contributed by atoms with Crippen molar-refractivity contribution in [2.24, 2.45) is 7.05 Å². The first-order chi connectivity index (χ1) is 11.0. The molecule has 0 saturated heterocycles. The number of phenolic OH excluding ortho intramolecular Hbond substituents is 1. The molecule has 7 heteroatoms. The molecule has 0 spiro atoms. The van der Waals surface area contributed by atoms with Gasteiger partial charge in [0.05, 0.1) is 17.6 Å². The number of aromatic hydroxyl groups is 1. The largest absolute Gasteiger partial charge is 0.508 e. The Morgan fingerprint density at radius 2 is 2.13 bits per heavy atom. The second-order valence-electron chi connectivity index (χ2n) is 5.24. The second-order valence-corrected chi connectivity index (χ2v) is 5.24. The van der Waals surface area contributed by atoms with Gasteiger partial charge < -0.3 is 15.7 Å². The molecule has 3 rings (SSSR count). The highest BCUT2D eigenvalue weighted by Crippen LogP contribution is 2.19. The number of rotatable bonds is 3. The van der Waals surface area contributed by atoms with E-state index in [1.165, 1.54) is 0 Å². The van der Waals surface area contributed by atoms with Crippen LogP contribution in [0.5, 0.6) is 5.75 Å². The minimum atomic E-state index is -0.365. The van der Waals surface area contributed by atoms with Crippen LogP contribution in [0.1, 0.15) is 11.3 Å². The molecule has 2 heterocycles. The number of aryl methyl sites for hydroxylation is 2. The predicted octanol–water partition coefficient (Wildman–Crippen LogP) is 2.30. The molecule has 2 aromatic heterocycles. The fourth-order valence-corrected chi connectivity index (χ4v) is 2.39. The summed E-state index contributed by atoms with van der Waals surface area (Å²) >= 11 is 0. The van der Waals surface area contributed by atoms with Gasteiger partial charge in [-0.1, -0.05) is 18.2 Å². The Balaban J connectivity index is 1.68. The van der Waals surface area contributed by atoms with Crippen molar-refractivity contribution in [3.63, 3.8) is 0 Å². The summed E-state index contributed by atoms with van der Waals surface area (Å²) in [5, 5.41) is 20.3. The zero-order valence-corrected chi connectivity index (χ0v) is 12.9. The number of carbonyl (C=O) groups is 1. The van der Waals surface area contributed by atoms with Crippen LogP contribution in [0, 0.1) is 6.92 Å².